The highest BCUT2D eigenvalue weighted by atomic mass is 16.2. The molecule has 1 aromatic rings. The summed E-state index contributed by atoms with van der Waals surface area (Å²) >= 11 is 0. The number of carbonyl (C=O) groups is 1. The van der Waals surface area contributed by atoms with Crippen molar-refractivity contribution in [1.82, 2.24) is 15.1 Å². The Balaban J connectivity index is 2.95. The van der Waals surface area contributed by atoms with Crippen LogP contribution >= 0.6 is 0 Å². The molecule has 0 aliphatic heterocycles. The molecule has 0 spiro atoms. The number of anilines is 1. The summed E-state index contributed by atoms with van der Waals surface area (Å²) in [6.07, 6.45) is 0. The smallest absolute Gasteiger partial charge is 0.276 e. The summed E-state index contributed by atoms with van der Waals surface area (Å²) in [7, 11) is 1.73. The first-order chi connectivity index (χ1) is 6.45. The van der Waals surface area contributed by atoms with Crippen molar-refractivity contribution in [3.8, 4) is 0 Å². The third kappa shape index (κ3) is 1.71. The van der Waals surface area contributed by atoms with Crippen LogP contribution in [0, 0.1) is 6.92 Å². The van der Waals surface area contributed by atoms with Gasteiger partial charge in [0.2, 0.25) is 0 Å². The molecule has 1 aromatic heterocycles. The number of hydrogen-bond donors (Lipinski definition) is 2. The molecule has 0 saturated heterocycles. The molecule has 0 unspecified atom stereocenters. The first kappa shape index (κ1) is 10.6. The normalized spacial score (nSPS) is 10.6. The summed E-state index contributed by atoms with van der Waals surface area (Å²) in [4.78, 5) is 13.4. The molecular formula is C9H16N4O. The van der Waals surface area contributed by atoms with Crippen LogP contribution in [0.5, 0.6) is 0 Å². The predicted octanol–water partition coefficient (Wildman–Crippen LogP) is 0.781. The van der Waals surface area contributed by atoms with Crippen molar-refractivity contribution in [2.24, 2.45) is 0 Å². The van der Waals surface area contributed by atoms with Crippen molar-refractivity contribution in [2.45, 2.75) is 26.8 Å². The number of nitrogen functional groups attached to an aromatic ring is 1. The van der Waals surface area contributed by atoms with E-state index in [4.69, 9.17) is 5.73 Å². The topological polar surface area (TPSA) is 75.0 Å². The van der Waals surface area contributed by atoms with Gasteiger partial charge < -0.3 is 10.6 Å². The SMILES string of the molecule is Cc1[nH]nc(C(=O)N(C)C(C)C)c1N. The lowest BCUT2D eigenvalue weighted by Gasteiger charge is -2.20. The summed E-state index contributed by atoms with van der Waals surface area (Å²) < 4.78 is 0. The third-order valence-electron chi connectivity index (χ3n) is 2.29. The minimum absolute atomic E-state index is 0.138. The van der Waals surface area contributed by atoms with Gasteiger partial charge in [-0.05, 0) is 20.8 Å². The van der Waals surface area contributed by atoms with E-state index in [-0.39, 0.29) is 11.9 Å². The Kier molecular flexibility index (Phi) is 2.78. The summed E-state index contributed by atoms with van der Waals surface area (Å²) in [6, 6.07) is 0.138. The number of nitrogens with two attached hydrogens (primary N) is 1. The fourth-order valence-corrected chi connectivity index (χ4v) is 1.00. The average Bonchev–Trinajstić information content (AvgIpc) is 2.45. The van der Waals surface area contributed by atoms with Crippen LogP contribution < -0.4 is 5.73 Å². The van der Waals surface area contributed by atoms with Crippen LogP contribution in [0.15, 0.2) is 0 Å². The number of aryl methyl sites for hydroxylation is 1. The highest BCUT2D eigenvalue weighted by Crippen LogP contribution is 2.14. The molecule has 14 heavy (non-hydrogen) atoms. The zero-order valence-electron chi connectivity index (χ0n) is 8.96. The Bertz CT molecular complexity index is 343. The molecule has 0 fully saturated rings. The molecule has 1 rings (SSSR count). The average molecular weight is 196 g/mol. The van der Waals surface area contributed by atoms with E-state index in [1.165, 1.54) is 0 Å². The molecule has 3 N–H and O–H groups in total. The number of nitrogens with one attached hydrogen (secondary N) is 1. The van der Waals surface area contributed by atoms with Crippen LogP contribution in [0.3, 0.4) is 0 Å². The monoisotopic (exact) mass is 196 g/mol. The molecule has 0 bridgehead atoms. The van der Waals surface area contributed by atoms with Crippen molar-refractivity contribution in [3.63, 3.8) is 0 Å². The Labute approximate surface area is 83.3 Å². The van der Waals surface area contributed by atoms with Crippen LogP contribution in [0.25, 0.3) is 0 Å². The van der Waals surface area contributed by atoms with E-state index in [0.717, 1.165) is 5.69 Å². The Morgan fingerprint density at radius 2 is 2.14 bits per heavy atom. The Hall–Kier alpha value is -1.52. The molecule has 0 saturated carbocycles. The highest BCUT2D eigenvalue weighted by Gasteiger charge is 2.20. The van der Waals surface area contributed by atoms with E-state index in [0.29, 0.717) is 11.4 Å². The second-order valence-electron chi connectivity index (χ2n) is 3.62. The molecule has 0 aliphatic rings. The zero-order chi connectivity index (χ0) is 10.9. The standard InChI is InChI=1S/C9H16N4O/c1-5(2)13(4)9(14)8-7(10)6(3)11-12-8/h5H,10H2,1-4H3,(H,11,12). The molecule has 5 nitrogen and oxygen atoms in total. The second-order valence-corrected chi connectivity index (χ2v) is 3.62. The third-order valence-corrected chi connectivity index (χ3v) is 2.29. The summed E-state index contributed by atoms with van der Waals surface area (Å²) in [5, 5.41) is 6.57. The molecule has 1 heterocycles. The zero-order valence-corrected chi connectivity index (χ0v) is 8.96. The van der Waals surface area contributed by atoms with E-state index in [2.05, 4.69) is 10.2 Å². The van der Waals surface area contributed by atoms with Gasteiger partial charge in [-0.2, -0.15) is 5.10 Å². The van der Waals surface area contributed by atoms with Crippen LogP contribution in [0.2, 0.25) is 0 Å². The lowest BCUT2D eigenvalue weighted by molar-refractivity contribution is 0.0750. The number of hydrogen-bond acceptors (Lipinski definition) is 3. The summed E-state index contributed by atoms with van der Waals surface area (Å²) in [5.74, 6) is -0.151. The summed E-state index contributed by atoms with van der Waals surface area (Å²) in [5.41, 5.74) is 7.16. The van der Waals surface area contributed by atoms with E-state index < -0.39 is 0 Å². The van der Waals surface area contributed by atoms with E-state index >= 15 is 0 Å². The maximum atomic E-state index is 11.8. The van der Waals surface area contributed by atoms with Crippen LogP contribution in [-0.2, 0) is 0 Å². The Morgan fingerprint density at radius 3 is 2.50 bits per heavy atom. The lowest BCUT2D eigenvalue weighted by atomic mass is 10.2. The second kappa shape index (κ2) is 3.69. The number of nitrogens with zero attached hydrogens (tertiary/aromatic N) is 2. The van der Waals surface area contributed by atoms with Crippen molar-refractivity contribution in [1.29, 1.82) is 0 Å². The van der Waals surface area contributed by atoms with Gasteiger partial charge in [-0.25, -0.2) is 0 Å². The molecular weight excluding hydrogens is 180 g/mol. The van der Waals surface area contributed by atoms with Gasteiger partial charge in [0.05, 0.1) is 11.4 Å². The number of carbonyl (C=O) groups excluding carboxylic acids is 1. The van der Waals surface area contributed by atoms with Gasteiger partial charge in [-0.1, -0.05) is 0 Å². The number of amides is 1. The van der Waals surface area contributed by atoms with Crippen LogP contribution in [-0.4, -0.2) is 34.1 Å². The van der Waals surface area contributed by atoms with Gasteiger partial charge in [0.25, 0.3) is 5.91 Å². The lowest BCUT2D eigenvalue weighted by Crippen LogP contribution is -2.33. The van der Waals surface area contributed by atoms with Crippen molar-refractivity contribution >= 4 is 11.6 Å². The maximum absolute atomic E-state index is 11.8. The van der Waals surface area contributed by atoms with E-state index in [1.54, 1.807) is 18.9 Å². The van der Waals surface area contributed by atoms with Crippen molar-refractivity contribution in [3.05, 3.63) is 11.4 Å². The minimum Gasteiger partial charge on any atom is -0.395 e. The number of aromatic nitrogens is 2. The molecule has 78 valence electrons. The van der Waals surface area contributed by atoms with Crippen LogP contribution in [0.4, 0.5) is 5.69 Å². The molecule has 0 atom stereocenters. The summed E-state index contributed by atoms with van der Waals surface area (Å²) in [6.45, 7) is 5.66. The molecule has 1 amide bonds. The molecule has 0 radical (unpaired) electrons. The number of H-pyrrole nitrogens is 1. The van der Waals surface area contributed by atoms with Gasteiger partial charge in [0.15, 0.2) is 5.69 Å². The van der Waals surface area contributed by atoms with Gasteiger partial charge >= 0.3 is 0 Å². The largest absolute Gasteiger partial charge is 0.395 e. The number of aromatic amines is 1. The predicted molar refractivity (Wildman–Crippen MR) is 55.0 cm³/mol. The number of rotatable bonds is 2. The molecule has 0 aromatic carbocycles. The first-order valence-corrected chi connectivity index (χ1v) is 4.52. The maximum Gasteiger partial charge on any atom is 0.276 e. The quantitative estimate of drug-likeness (QED) is 0.734. The Morgan fingerprint density at radius 1 is 1.57 bits per heavy atom. The van der Waals surface area contributed by atoms with E-state index in [1.807, 2.05) is 13.8 Å². The van der Waals surface area contributed by atoms with Gasteiger partial charge in [-0.15, -0.1) is 0 Å². The van der Waals surface area contributed by atoms with Crippen molar-refractivity contribution < 1.29 is 4.79 Å². The minimum atomic E-state index is -0.151. The van der Waals surface area contributed by atoms with Crippen LogP contribution in [0.1, 0.15) is 30.0 Å². The fraction of sp³-hybridized carbons (Fsp3) is 0.556. The van der Waals surface area contributed by atoms with Gasteiger partial charge in [0, 0.05) is 13.1 Å². The highest BCUT2D eigenvalue weighted by molar-refractivity contribution is 5.97. The molecule has 5 heteroatoms. The van der Waals surface area contributed by atoms with Gasteiger partial charge in [0.1, 0.15) is 0 Å². The molecule has 0 aliphatic carbocycles. The van der Waals surface area contributed by atoms with Crippen molar-refractivity contribution in [2.75, 3.05) is 12.8 Å². The van der Waals surface area contributed by atoms with Gasteiger partial charge in [-0.3, -0.25) is 9.89 Å². The fourth-order valence-electron chi connectivity index (χ4n) is 1.00. The van der Waals surface area contributed by atoms with E-state index in [9.17, 15) is 4.79 Å². The first-order valence-electron chi connectivity index (χ1n) is 4.52.